The molecule has 1 aromatic rings. The molecule has 0 aromatic heterocycles. The van der Waals surface area contributed by atoms with E-state index in [1.54, 1.807) is 13.2 Å². The summed E-state index contributed by atoms with van der Waals surface area (Å²) < 4.78 is 5.64. The first-order valence-corrected chi connectivity index (χ1v) is 6.28. The van der Waals surface area contributed by atoms with Crippen LogP contribution < -0.4 is 5.32 Å². The van der Waals surface area contributed by atoms with Crippen LogP contribution in [-0.4, -0.2) is 36.6 Å². The number of phenolic OH excluding ortho intramolecular Hbond substituents is 1. The van der Waals surface area contributed by atoms with Gasteiger partial charge in [-0.05, 0) is 28.4 Å². The first-order chi connectivity index (χ1) is 8.19. The molecule has 96 valence electrons. The minimum Gasteiger partial charge on any atom is -0.506 e. The number of nitrogens with one attached hydrogen (secondary N) is 1. The molecule has 3 N–H and O–H groups in total. The number of hydrogen-bond acceptors (Lipinski definition) is 4. The van der Waals surface area contributed by atoms with Crippen LogP contribution in [0.2, 0.25) is 0 Å². The molecule has 0 aliphatic rings. The molecule has 1 atom stereocenters. The molecule has 0 amide bonds. The predicted molar refractivity (Wildman–Crippen MR) is 70.0 cm³/mol. The Balaban J connectivity index is 2.50. The second-order valence-corrected chi connectivity index (χ2v) is 4.64. The van der Waals surface area contributed by atoms with Crippen LogP contribution in [0, 0.1) is 0 Å². The molecule has 0 saturated heterocycles. The molecule has 0 radical (unpaired) electrons. The molecule has 0 spiro atoms. The van der Waals surface area contributed by atoms with Crippen LogP contribution in [0.1, 0.15) is 12.0 Å². The number of phenols is 1. The molecule has 0 aliphatic carbocycles. The molecule has 4 nitrogen and oxygen atoms in total. The average Bonchev–Trinajstić information content (AvgIpc) is 2.34. The quantitative estimate of drug-likeness (QED) is 0.717. The third-order valence-corrected chi connectivity index (χ3v) is 3.18. The van der Waals surface area contributed by atoms with Crippen LogP contribution in [0.3, 0.4) is 0 Å². The van der Waals surface area contributed by atoms with Crippen molar-refractivity contribution in [3.8, 4) is 5.75 Å². The second-order valence-electron chi connectivity index (χ2n) is 3.79. The Morgan fingerprint density at radius 1 is 1.47 bits per heavy atom. The molecule has 0 fully saturated rings. The highest BCUT2D eigenvalue weighted by molar-refractivity contribution is 9.10. The standard InChI is InChI=1S/C12H18BrNO3/c1-17-6-5-10(8-15)14-7-9-3-2-4-11(13)12(9)16/h2-4,10,14-16H,5-8H2,1H3. The maximum absolute atomic E-state index is 9.79. The molecule has 0 saturated carbocycles. The highest BCUT2D eigenvalue weighted by atomic mass is 79.9. The van der Waals surface area contributed by atoms with E-state index in [4.69, 9.17) is 9.84 Å². The van der Waals surface area contributed by atoms with Crippen molar-refractivity contribution in [2.75, 3.05) is 20.3 Å². The number of benzene rings is 1. The number of para-hydroxylation sites is 1. The van der Waals surface area contributed by atoms with Gasteiger partial charge in [0, 0.05) is 31.9 Å². The lowest BCUT2D eigenvalue weighted by Crippen LogP contribution is -2.33. The van der Waals surface area contributed by atoms with Crippen LogP contribution in [0.5, 0.6) is 5.75 Å². The normalized spacial score (nSPS) is 12.6. The number of rotatable bonds is 7. The first-order valence-electron chi connectivity index (χ1n) is 5.48. The zero-order chi connectivity index (χ0) is 12.7. The van der Waals surface area contributed by atoms with Gasteiger partial charge in [0.05, 0.1) is 11.1 Å². The highest BCUT2D eigenvalue weighted by Gasteiger charge is 2.09. The summed E-state index contributed by atoms with van der Waals surface area (Å²) in [6.07, 6.45) is 0.738. The van der Waals surface area contributed by atoms with E-state index in [0.717, 1.165) is 12.0 Å². The van der Waals surface area contributed by atoms with Crippen LogP contribution in [0.4, 0.5) is 0 Å². The fraction of sp³-hybridized carbons (Fsp3) is 0.500. The van der Waals surface area contributed by atoms with Gasteiger partial charge in [-0.3, -0.25) is 0 Å². The largest absolute Gasteiger partial charge is 0.506 e. The summed E-state index contributed by atoms with van der Waals surface area (Å²) in [6, 6.07) is 5.48. The van der Waals surface area contributed by atoms with Crippen molar-refractivity contribution in [1.29, 1.82) is 0 Å². The molecule has 1 aromatic carbocycles. The maximum atomic E-state index is 9.79. The summed E-state index contributed by atoms with van der Waals surface area (Å²) in [7, 11) is 1.63. The molecule has 0 bridgehead atoms. The minimum absolute atomic E-state index is 0.0201. The van der Waals surface area contributed by atoms with Gasteiger partial charge in [0.2, 0.25) is 0 Å². The van der Waals surface area contributed by atoms with Crippen molar-refractivity contribution in [3.63, 3.8) is 0 Å². The lowest BCUT2D eigenvalue weighted by Gasteiger charge is -2.16. The number of aliphatic hydroxyl groups excluding tert-OH is 1. The van der Waals surface area contributed by atoms with Gasteiger partial charge in [-0.1, -0.05) is 12.1 Å². The lowest BCUT2D eigenvalue weighted by molar-refractivity contribution is 0.159. The summed E-state index contributed by atoms with van der Waals surface area (Å²) in [5.41, 5.74) is 0.801. The van der Waals surface area contributed by atoms with Crippen LogP contribution >= 0.6 is 15.9 Å². The molecule has 5 heteroatoms. The van der Waals surface area contributed by atoms with Crippen molar-refractivity contribution in [2.45, 2.75) is 19.0 Å². The number of aromatic hydroxyl groups is 1. The summed E-state index contributed by atoms with van der Waals surface area (Å²) in [4.78, 5) is 0. The zero-order valence-electron chi connectivity index (χ0n) is 9.82. The molecular weight excluding hydrogens is 286 g/mol. The third-order valence-electron chi connectivity index (χ3n) is 2.54. The Kier molecular flexibility index (Phi) is 6.50. The fourth-order valence-electron chi connectivity index (χ4n) is 1.47. The van der Waals surface area contributed by atoms with Gasteiger partial charge in [0.25, 0.3) is 0 Å². The van der Waals surface area contributed by atoms with E-state index in [-0.39, 0.29) is 18.4 Å². The highest BCUT2D eigenvalue weighted by Crippen LogP contribution is 2.27. The van der Waals surface area contributed by atoms with E-state index in [1.165, 1.54) is 0 Å². The Bertz CT molecular complexity index is 347. The number of aliphatic hydroxyl groups is 1. The number of methoxy groups -OCH3 is 1. The Labute approximate surface area is 110 Å². The zero-order valence-corrected chi connectivity index (χ0v) is 11.4. The molecule has 1 unspecified atom stereocenters. The number of ether oxygens (including phenoxy) is 1. The number of hydrogen-bond donors (Lipinski definition) is 3. The van der Waals surface area contributed by atoms with Crippen molar-refractivity contribution >= 4 is 15.9 Å². The van der Waals surface area contributed by atoms with E-state index in [1.807, 2.05) is 12.1 Å². The summed E-state index contributed by atoms with van der Waals surface area (Å²) >= 11 is 3.26. The Morgan fingerprint density at radius 3 is 2.88 bits per heavy atom. The van der Waals surface area contributed by atoms with Gasteiger partial charge >= 0.3 is 0 Å². The summed E-state index contributed by atoms with van der Waals surface area (Å²) in [5.74, 6) is 0.239. The van der Waals surface area contributed by atoms with Gasteiger partial charge in [-0.25, -0.2) is 0 Å². The van der Waals surface area contributed by atoms with Crippen molar-refractivity contribution in [3.05, 3.63) is 28.2 Å². The van der Waals surface area contributed by atoms with Gasteiger partial charge in [0.1, 0.15) is 5.75 Å². The van der Waals surface area contributed by atoms with Crippen molar-refractivity contribution in [2.24, 2.45) is 0 Å². The van der Waals surface area contributed by atoms with Crippen LogP contribution in [0.15, 0.2) is 22.7 Å². The number of halogens is 1. The van der Waals surface area contributed by atoms with E-state index in [9.17, 15) is 5.11 Å². The SMILES string of the molecule is COCCC(CO)NCc1cccc(Br)c1O. The van der Waals surface area contributed by atoms with E-state index in [2.05, 4.69) is 21.2 Å². The van der Waals surface area contributed by atoms with E-state index >= 15 is 0 Å². The summed E-state index contributed by atoms with van der Waals surface area (Å²) in [6.45, 7) is 1.17. The fourth-order valence-corrected chi connectivity index (χ4v) is 1.88. The second kappa shape index (κ2) is 7.66. The molecular formula is C12H18BrNO3. The Hall–Kier alpha value is -0.620. The smallest absolute Gasteiger partial charge is 0.134 e. The molecule has 1 rings (SSSR count). The van der Waals surface area contributed by atoms with Crippen LogP contribution in [0.25, 0.3) is 0 Å². The topological polar surface area (TPSA) is 61.7 Å². The van der Waals surface area contributed by atoms with Crippen molar-refractivity contribution < 1.29 is 14.9 Å². The third kappa shape index (κ3) is 4.63. The molecule has 0 heterocycles. The lowest BCUT2D eigenvalue weighted by atomic mass is 10.1. The first kappa shape index (κ1) is 14.4. The minimum atomic E-state index is -0.0201. The average molecular weight is 304 g/mol. The van der Waals surface area contributed by atoms with E-state index in [0.29, 0.717) is 17.6 Å². The predicted octanol–water partition coefficient (Wildman–Crippen LogP) is 1.64. The molecule has 17 heavy (non-hydrogen) atoms. The van der Waals surface area contributed by atoms with Gasteiger partial charge < -0.3 is 20.3 Å². The van der Waals surface area contributed by atoms with Crippen LogP contribution in [-0.2, 0) is 11.3 Å². The van der Waals surface area contributed by atoms with E-state index < -0.39 is 0 Å². The van der Waals surface area contributed by atoms with Crippen molar-refractivity contribution in [1.82, 2.24) is 5.32 Å². The molecule has 0 aliphatic heterocycles. The van der Waals surface area contributed by atoms with Gasteiger partial charge in [-0.15, -0.1) is 0 Å². The summed E-state index contributed by atoms with van der Waals surface area (Å²) in [5, 5.41) is 22.1. The monoisotopic (exact) mass is 303 g/mol. The van der Waals surface area contributed by atoms with Gasteiger partial charge in [0.15, 0.2) is 0 Å². The maximum Gasteiger partial charge on any atom is 0.134 e. The van der Waals surface area contributed by atoms with Gasteiger partial charge in [-0.2, -0.15) is 0 Å². The Morgan fingerprint density at radius 2 is 2.24 bits per heavy atom.